The van der Waals surface area contributed by atoms with Gasteiger partial charge in [0.1, 0.15) is 16.5 Å². The predicted molar refractivity (Wildman–Crippen MR) is 89.8 cm³/mol. The summed E-state index contributed by atoms with van der Waals surface area (Å²) in [5, 5.41) is 11.8. The number of nitrogens with zero attached hydrogens (tertiary/aromatic N) is 2. The third kappa shape index (κ3) is 3.54. The summed E-state index contributed by atoms with van der Waals surface area (Å²) in [5.74, 6) is 1.11. The van der Waals surface area contributed by atoms with Crippen LogP contribution in [-0.4, -0.2) is 47.7 Å². The van der Waals surface area contributed by atoms with E-state index >= 15 is 0 Å². The van der Waals surface area contributed by atoms with E-state index in [0.717, 1.165) is 29.2 Å². The number of aromatic nitrogens is 1. The highest BCUT2D eigenvalue weighted by atomic mass is 32.1. The van der Waals surface area contributed by atoms with Gasteiger partial charge in [-0.05, 0) is 43.0 Å². The highest BCUT2D eigenvalue weighted by Gasteiger charge is 2.24. The Balaban J connectivity index is 1.69. The van der Waals surface area contributed by atoms with Crippen LogP contribution < -0.4 is 4.74 Å². The number of aliphatic hydroxyl groups excluding tert-OH is 1. The molecule has 0 atom stereocenters. The van der Waals surface area contributed by atoms with Crippen molar-refractivity contribution >= 4 is 17.2 Å². The number of amides is 1. The lowest BCUT2D eigenvalue weighted by atomic mass is 9.98. The molecule has 122 valence electrons. The number of benzene rings is 1. The second-order valence-electron chi connectivity index (χ2n) is 5.68. The first kappa shape index (κ1) is 16.0. The van der Waals surface area contributed by atoms with Crippen molar-refractivity contribution in [1.29, 1.82) is 0 Å². The van der Waals surface area contributed by atoms with Crippen LogP contribution >= 0.6 is 11.3 Å². The van der Waals surface area contributed by atoms with Crippen molar-refractivity contribution in [3.63, 3.8) is 0 Å². The van der Waals surface area contributed by atoms with Gasteiger partial charge in [0.05, 0.1) is 7.11 Å². The van der Waals surface area contributed by atoms with Crippen molar-refractivity contribution in [2.75, 3.05) is 26.8 Å². The molecule has 0 spiro atoms. The number of methoxy groups -OCH3 is 1. The number of carbonyl (C=O) groups is 1. The molecular formula is C17H20N2O3S. The molecule has 1 fully saturated rings. The van der Waals surface area contributed by atoms with E-state index < -0.39 is 0 Å². The first-order valence-corrected chi connectivity index (χ1v) is 8.59. The summed E-state index contributed by atoms with van der Waals surface area (Å²) in [7, 11) is 1.63. The average molecular weight is 332 g/mol. The SMILES string of the molecule is COc1ccc(-c2nc(C(=O)N3CCC(CO)CC3)cs2)cc1. The number of hydrogen-bond acceptors (Lipinski definition) is 5. The van der Waals surface area contributed by atoms with Crippen LogP contribution in [0.2, 0.25) is 0 Å². The van der Waals surface area contributed by atoms with E-state index in [1.54, 1.807) is 7.11 Å². The van der Waals surface area contributed by atoms with Gasteiger partial charge in [-0.3, -0.25) is 4.79 Å². The molecule has 2 aromatic rings. The molecule has 5 nitrogen and oxygen atoms in total. The van der Waals surface area contributed by atoms with Gasteiger partial charge in [-0.15, -0.1) is 11.3 Å². The first-order chi connectivity index (χ1) is 11.2. The van der Waals surface area contributed by atoms with Crippen LogP contribution in [0.4, 0.5) is 0 Å². The highest BCUT2D eigenvalue weighted by molar-refractivity contribution is 7.13. The smallest absolute Gasteiger partial charge is 0.273 e. The summed E-state index contributed by atoms with van der Waals surface area (Å²) < 4.78 is 5.15. The molecule has 23 heavy (non-hydrogen) atoms. The van der Waals surface area contributed by atoms with Gasteiger partial charge in [-0.1, -0.05) is 0 Å². The summed E-state index contributed by atoms with van der Waals surface area (Å²) in [4.78, 5) is 18.8. The number of hydrogen-bond donors (Lipinski definition) is 1. The number of thiazole rings is 1. The van der Waals surface area contributed by atoms with Gasteiger partial charge in [-0.25, -0.2) is 4.98 Å². The van der Waals surface area contributed by atoms with Crippen LogP contribution in [0.3, 0.4) is 0 Å². The number of ether oxygens (including phenoxy) is 1. The van der Waals surface area contributed by atoms with Crippen molar-refractivity contribution in [3.05, 3.63) is 35.3 Å². The summed E-state index contributed by atoms with van der Waals surface area (Å²) in [6, 6.07) is 7.66. The maximum absolute atomic E-state index is 12.5. The second kappa shape index (κ2) is 7.10. The van der Waals surface area contributed by atoms with E-state index in [9.17, 15) is 9.90 Å². The Kier molecular flexibility index (Phi) is 4.93. The molecule has 1 saturated heterocycles. The Morgan fingerprint density at radius 1 is 1.35 bits per heavy atom. The molecule has 1 aliphatic rings. The van der Waals surface area contributed by atoms with Crippen molar-refractivity contribution in [2.24, 2.45) is 5.92 Å². The zero-order valence-electron chi connectivity index (χ0n) is 13.1. The maximum Gasteiger partial charge on any atom is 0.273 e. The minimum Gasteiger partial charge on any atom is -0.497 e. The molecule has 0 bridgehead atoms. The lowest BCUT2D eigenvalue weighted by Gasteiger charge is -2.30. The van der Waals surface area contributed by atoms with Gasteiger partial charge in [0, 0.05) is 30.6 Å². The van der Waals surface area contributed by atoms with E-state index in [1.165, 1.54) is 11.3 Å². The zero-order valence-corrected chi connectivity index (χ0v) is 13.9. The molecule has 2 heterocycles. The van der Waals surface area contributed by atoms with E-state index in [0.29, 0.717) is 24.7 Å². The summed E-state index contributed by atoms with van der Waals surface area (Å²) in [5.41, 5.74) is 1.48. The van der Waals surface area contributed by atoms with Gasteiger partial charge in [0.2, 0.25) is 0 Å². The minimum absolute atomic E-state index is 0.0163. The summed E-state index contributed by atoms with van der Waals surface area (Å²) >= 11 is 1.47. The molecule has 0 unspecified atom stereocenters. The Labute approximate surface area is 139 Å². The number of likely N-dealkylation sites (tertiary alicyclic amines) is 1. The van der Waals surface area contributed by atoms with Crippen molar-refractivity contribution < 1.29 is 14.6 Å². The van der Waals surface area contributed by atoms with Crippen LogP contribution in [-0.2, 0) is 0 Å². The van der Waals surface area contributed by atoms with E-state index in [1.807, 2.05) is 34.5 Å². The Morgan fingerprint density at radius 2 is 2.04 bits per heavy atom. The van der Waals surface area contributed by atoms with Gasteiger partial charge < -0.3 is 14.7 Å². The number of piperidine rings is 1. The standard InChI is InChI=1S/C17H20N2O3S/c1-22-14-4-2-13(3-5-14)16-18-15(11-23-16)17(21)19-8-6-12(10-20)7-9-19/h2-5,11-12,20H,6-10H2,1H3. The maximum atomic E-state index is 12.5. The molecular weight excluding hydrogens is 312 g/mol. The molecule has 1 aromatic carbocycles. The molecule has 1 aromatic heterocycles. The number of aliphatic hydroxyl groups is 1. The van der Waals surface area contributed by atoms with Crippen molar-refractivity contribution in [2.45, 2.75) is 12.8 Å². The average Bonchev–Trinajstić information content (AvgIpc) is 3.11. The fourth-order valence-electron chi connectivity index (χ4n) is 2.72. The van der Waals surface area contributed by atoms with Crippen LogP contribution in [0.5, 0.6) is 5.75 Å². The molecule has 6 heteroatoms. The fraction of sp³-hybridized carbons (Fsp3) is 0.412. The molecule has 1 amide bonds. The van der Waals surface area contributed by atoms with E-state index in [-0.39, 0.29) is 12.5 Å². The summed E-state index contributed by atoms with van der Waals surface area (Å²) in [6.45, 7) is 1.60. The summed E-state index contributed by atoms with van der Waals surface area (Å²) in [6.07, 6.45) is 1.72. The predicted octanol–water partition coefficient (Wildman–Crippen LogP) is 2.66. The fourth-order valence-corrected chi connectivity index (χ4v) is 3.52. The Morgan fingerprint density at radius 3 is 2.65 bits per heavy atom. The lowest BCUT2D eigenvalue weighted by Crippen LogP contribution is -2.39. The van der Waals surface area contributed by atoms with E-state index in [4.69, 9.17) is 4.74 Å². The molecule has 0 aliphatic carbocycles. The van der Waals surface area contributed by atoms with Crippen molar-refractivity contribution in [3.8, 4) is 16.3 Å². The molecule has 1 aliphatic heterocycles. The topological polar surface area (TPSA) is 62.7 Å². The van der Waals surface area contributed by atoms with Crippen LogP contribution in [0.1, 0.15) is 23.3 Å². The Bertz CT molecular complexity index is 661. The normalized spacial score (nSPS) is 15.7. The molecule has 3 rings (SSSR count). The van der Waals surface area contributed by atoms with Crippen LogP contribution in [0, 0.1) is 5.92 Å². The Hall–Kier alpha value is -1.92. The quantitative estimate of drug-likeness (QED) is 0.935. The molecule has 0 saturated carbocycles. The molecule has 0 radical (unpaired) electrons. The lowest BCUT2D eigenvalue weighted by molar-refractivity contribution is 0.0646. The van der Waals surface area contributed by atoms with Crippen molar-refractivity contribution in [1.82, 2.24) is 9.88 Å². The highest BCUT2D eigenvalue weighted by Crippen LogP contribution is 2.27. The third-order valence-electron chi connectivity index (χ3n) is 4.22. The largest absolute Gasteiger partial charge is 0.497 e. The van der Waals surface area contributed by atoms with Gasteiger partial charge in [0.15, 0.2) is 0 Å². The first-order valence-electron chi connectivity index (χ1n) is 7.71. The van der Waals surface area contributed by atoms with Crippen LogP contribution in [0.15, 0.2) is 29.6 Å². The third-order valence-corrected chi connectivity index (χ3v) is 5.11. The minimum atomic E-state index is -0.0163. The zero-order chi connectivity index (χ0) is 16.2. The number of carbonyl (C=O) groups excluding carboxylic acids is 1. The van der Waals surface area contributed by atoms with Gasteiger partial charge in [-0.2, -0.15) is 0 Å². The van der Waals surface area contributed by atoms with E-state index in [2.05, 4.69) is 4.98 Å². The van der Waals surface area contributed by atoms with Gasteiger partial charge in [0.25, 0.3) is 5.91 Å². The van der Waals surface area contributed by atoms with Gasteiger partial charge >= 0.3 is 0 Å². The molecule has 1 N–H and O–H groups in total. The number of rotatable bonds is 4. The monoisotopic (exact) mass is 332 g/mol. The van der Waals surface area contributed by atoms with Crippen LogP contribution in [0.25, 0.3) is 10.6 Å². The second-order valence-corrected chi connectivity index (χ2v) is 6.54.